The Kier molecular flexibility index (Phi) is 4.13. The van der Waals surface area contributed by atoms with Gasteiger partial charge in [-0.15, -0.1) is 0 Å². The smallest absolute Gasteiger partial charge is 0.337 e. The van der Waals surface area contributed by atoms with Gasteiger partial charge in [-0.3, -0.25) is 4.68 Å². The van der Waals surface area contributed by atoms with Crippen molar-refractivity contribution >= 4 is 35.0 Å². The summed E-state index contributed by atoms with van der Waals surface area (Å²) in [5.41, 5.74) is 1.64. The first-order valence-corrected chi connectivity index (χ1v) is 6.35. The number of hydrogen-bond acceptors (Lipinski definition) is 3. The van der Waals surface area contributed by atoms with Gasteiger partial charge in [0, 0.05) is 18.9 Å². The highest BCUT2D eigenvalue weighted by Crippen LogP contribution is 2.21. The molecule has 0 fully saturated rings. The number of carbonyl (C=O) groups is 2. The molecular weight excluding hydrogens is 296 g/mol. The number of urea groups is 1. The molecule has 0 saturated heterocycles. The van der Waals surface area contributed by atoms with Crippen LogP contribution < -0.4 is 10.6 Å². The Bertz CT molecular complexity index is 711. The summed E-state index contributed by atoms with van der Waals surface area (Å²) in [6, 6.07) is 3.70. The maximum atomic E-state index is 11.9. The second-order valence-corrected chi connectivity index (χ2v) is 4.79. The number of nitrogens with zero attached hydrogens (tertiary/aromatic N) is 2. The number of halogens is 1. The Hall–Kier alpha value is -2.54. The first-order chi connectivity index (χ1) is 9.86. The lowest BCUT2D eigenvalue weighted by atomic mass is 10.2. The first kappa shape index (κ1) is 14.9. The number of rotatable bonds is 3. The molecule has 2 rings (SSSR count). The molecule has 0 aliphatic carbocycles. The lowest BCUT2D eigenvalue weighted by Crippen LogP contribution is -2.19. The average Bonchev–Trinajstić information content (AvgIpc) is 2.67. The monoisotopic (exact) mass is 308 g/mol. The molecule has 0 atom stereocenters. The van der Waals surface area contributed by atoms with Crippen LogP contribution in [0.25, 0.3) is 0 Å². The van der Waals surface area contributed by atoms with Gasteiger partial charge in [-0.2, -0.15) is 5.10 Å². The van der Waals surface area contributed by atoms with Crippen molar-refractivity contribution in [3.8, 4) is 0 Å². The highest BCUT2D eigenvalue weighted by atomic mass is 35.5. The van der Waals surface area contributed by atoms with Gasteiger partial charge >= 0.3 is 12.0 Å². The lowest BCUT2D eigenvalue weighted by Gasteiger charge is -2.08. The molecule has 0 radical (unpaired) electrons. The molecule has 2 amide bonds. The number of carboxylic acid groups (broad SMARTS) is 1. The molecule has 0 unspecified atom stereocenters. The van der Waals surface area contributed by atoms with E-state index in [-0.39, 0.29) is 10.6 Å². The zero-order chi connectivity index (χ0) is 15.6. The van der Waals surface area contributed by atoms with Crippen molar-refractivity contribution in [1.29, 1.82) is 0 Å². The molecule has 0 saturated carbocycles. The lowest BCUT2D eigenvalue weighted by molar-refractivity contribution is 0.0697. The third-order valence-electron chi connectivity index (χ3n) is 2.72. The predicted molar refractivity (Wildman–Crippen MR) is 79.0 cm³/mol. The van der Waals surface area contributed by atoms with E-state index in [0.717, 1.165) is 0 Å². The summed E-state index contributed by atoms with van der Waals surface area (Å²) in [6.07, 6.45) is 1.68. The van der Waals surface area contributed by atoms with Crippen LogP contribution in [0.15, 0.2) is 24.4 Å². The Labute approximate surface area is 125 Å². The first-order valence-electron chi connectivity index (χ1n) is 5.98. The molecule has 110 valence electrons. The zero-order valence-electron chi connectivity index (χ0n) is 11.3. The maximum Gasteiger partial charge on any atom is 0.337 e. The van der Waals surface area contributed by atoms with Crippen molar-refractivity contribution in [2.24, 2.45) is 7.05 Å². The molecule has 0 bridgehead atoms. The van der Waals surface area contributed by atoms with Crippen LogP contribution in [0.4, 0.5) is 16.2 Å². The van der Waals surface area contributed by atoms with Gasteiger partial charge < -0.3 is 15.7 Å². The number of benzene rings is 1. The minimum atomic E-state index is -1.12. The van der Waals surface area contributed by atoms with Crippen LogP contribution in [0.3, 0.4) is 0 Å². The van der Waals surface area contributed by atoms with Gasteiger partial charge in [-0.1, -0.05) is 11.6 Å². The van der Waals surface area contributed by atoms with E-state index in [1.165, 1.54) is 18.2 Å². The van der Waals surface area contributed by atoms with Crippen molar-refractivity contribution in [3.63, 3.8) is 0 Å². The highest BCUT2D eigenvalue weighted by Gasteiger charge is 2.11. The van der Waals surface area contributed by atoms with E-state index in [1.807, 2.05) is 0 Å². The molecule has 2 aromatic rings. The van der Waals surface area contributed by atoms with E-state index in [1.54, 1.807) is 24.9 Å². The number of carboxylic acids is 1. The minimum absolute atomic E-state index is 0.0225. The van der Waals surface area contributed by atoms with Crippen LogP contribution in [0.1, 0.15) is 16.1 Å². The zero-order valence-corrected chi connectivity index (χ0v) is 12.1. The number of amides is 2. The summed E-state index contributed by atoms with van der Waals surface area (Å²) in [5.74, 6) is -1.12. The number of aromatic nitrogens is 2. The van der Waals surface area contributed by atoms with Gasteiger partial charge in [0.2, 0.25) is 0 Å². The quantitative estimate of drug-likeness (QED) is 0.812. The van der Waals surface area contributed by atoms with Crippen LogP contribution in [0.2, 0.25) is 5.02 Å². The van der Waals surface area contributed by atoms with Gasteiger partial charge in [0.1, 0.15) is 0 Å². The fourth-order valence-corrected chi connectivity index (χ4v) is 2.03. The van der Waals surface area contributed by atoms with Gasteiger partial charge in [0.15, 0.2) is 0 Å². The summed E-state index contributed by atoms with van der Waals surface area (Å²) in [4.78, 5) is 22.7. The van der Waals surface area contributed by atoms with Crippen LogP contribution in [0.5, 0.6) is 0 Å². The Morgan fingerprint density at radius 2 is 2.05 bits per heavy atom. The van der Waals surface area contributed by atoms with Crippen LogP contribution in [0, 0.1) is 6.92 Å². The van der Waals surface area contributed by atoms with Crippen LogP contribution in [-0.2, 0) is 7.05 Å². The molecule has 1 aromatic carbocycles. The molecule has 0 aliphatic rings. The van der Waals surface area contributed by atoms with Gasteiger partial charge in [-0.05, 0) is 25.1 Å². The molecule has 3 N–H and O–H groups in total. The fourth-order valence-electron chi connectivity index (χ4n) is 1.77. The second-order valence-electron chi connectivity index (χ2n) is 4.38. The second kappa shape index (κ2) is 5.84. The normalized spacial score (nSPS) is 10.2. The maximum absolute atomic E-state index is 11.9. The van der Waals surface area contributed by atoms with Crippen molar-refractivity contribution < 1.29 is 14.7 Å². The number of anilines is 2. The predicted octanol–water partition coefficient (Wildman–Crippen LogP) is 2.72. The molecule has 21 heavy (non-hydrogen) atoms. The van der Waals surface area contributed by atoms with E-state index in [9.17, 15) is 9.59 Å². The summed E-state index contributed by atoms with van der Waals surface area (Å²) in [6.45, 7) is 1.77. The van der Waals surface area contributed by atoms with Crippen molar-refractivity contribution in [3.05, 3.63) is 40.7 Å². The summed E-state index contributed by atoms with van der Waals surface area (Å²) in [7, 11) is 1.75. The van der Waals surface area contributed by atoms with Crippen LogP contribution >= 0.6 is 11.6 Å². The molecule has 8 heteroatoms. The molecule has 7 nitrogen and oxygen atoms in total. The summed E-state index contributed by atoms with van der Waals surface area (Å²) in [5, 5.41) is 18.2. The van der Waals surface area contributed by atoms with Crippen LogP contribution in [-0.4, -0.2) is 26.9 Å². The summed E-state index contributed by atoms with van der Waals surface area (Å²) >= 11 is 5.83. The van der Waals surface area contributed by atoms with E-state index < -0.39 is 12.0 Å². The number of aryl methyl sites for hydroxylation is 2. The Morgan fingerprint density at radius 3 is 2.57 bits per heavy atom. The highest BCUT2D eigenvalue weighted by molar-refractivity contribution is 6.33. The SMILES string of the molecule is Cc1nn(C)cc1NC(=O)Nc1ccc(C(=O)O)c(Cl)c1. The van der Waals surface area contributed by atoms with Gasteiger partial charge in [-0.25, -0.2) is 9.59 Å². The molecular formula is C13H13ClN4O3. The number of carbonyl (C=O) groups excluding carboxylic acids is 1. The van der Waals surface area contributed by atoms with Gasteiger partial charge in [0.05, 0.1) is 22.0 Å². The van der Waals surface area contributed by atoms with E-state index in [2.05, 4.69) is 15.7 Å². The number of hydrogen-bond donors (Lipinski definition) is 3. The Morgan fingerprint density at radius 1 is 1.33 bits per heavy atom. The third kappa shape index (κ3) is 3.51. The largest absolute Gasteiger partial charge is 0.478 e. The molecule has 1 heterocycles. The fraction of sp³-hybridized carbons (Fsp3) is 0.154. The Balaban J connectivity index is 2.08. The molecule has 1 aromatic heterocycles. The van der Waals surface area contributed by atoms with E-state index >= 15 is 0 Å². The third-order valence-corrected chi connectivity index (χ3v) is 3.03. The topological polar surface area (TPSA) is 96.3 Å². The van der Waals surface area contributed by atoms with E-state index in [4.69, 9.17) is 16.7 Å². The van der Waals surface area contributed by atoms with E-state index in [0.29, 0.717) is 17.1 Å². The average molecular weight is 309 g/mol. The standard InChI is InChI=1S/C13H13ClN4O3/c1-7-11(6-18(2)17-7)16-13(21)15-8-3-4-9(12(19)20)10(14)5-8/h3-6H,1-2H3,(H,19,20)(H2,15,16,21). The van der Waals surface area contributed by atoms with Crippen molar-refractivity contribution in [2.75, 3.05) is 10.6 Å². The number of nitrogens with one attached hydrogen (secondary N) is 2. The van der Waals surface area contributed by atoms with Crippen molar-refractivity contribution in [1.82, 2.24) is 9.78 Å². The number of aromatic carboxylic acids is 1. The minimum Gasteiger partial charge on any atom is -0.478 e. The summed E-state index contributed by atoms with van der Waals surface area (Å²) < 4.78 is 1.59. The van der Waals surface area contributed by atoms with Crippen molar-refractivity contribution in [2.45, 2.75) is 6.92 Å². The van der Waals surface area contributed by atoms with Gasteiger partial charge in [0.25, 0.3) is 0 Å². The molecule has 0 aliphatic heterocycles. The molecule has 0 spiro atoms.